The fraction of sp³-hybridized carbons (Fsp3) is 0.300. The summed E-state index contributed by atoms with van der Waals surface area (Å²) in [7, 11) is 3.01. The molecule has 0 bridgehead atoms. The van der Waals surface area contributed by atoms with Crippen LogP contribution in [-0.4, -0.2) is 36.8 Å². The number of para-hydroxylation sites is 2. The molecule has 1 aliphatic rings. The van der Waals surface area contributed by atoms with Crippen LogP contribution in [0.1, 0.15) is 30.6 Å². The molecule has 0 unspecified atom stereocenters. The van der Waals surface area contributed by atoms with Crippen LogP contribution in [0.2, 0.25) is 0 Å². The minimum Gasteiger partial charge on any atom is -0.507 e. The van der Waals surface area contributed by atoms with Crippen LogP contribution in [0.5, 0.6) is 28.7 Å². The predicted molar refractivity (Wildman–Crippen MR) is 102 cm³/mol. The smallest absolute Gasteiger partial charge is 0.173 e. The van der Waals surface area contributed by atoms with Crippen molar-refractivity contribution in [3.05, 3.63) is 49.4 Å². The number of carbonyl (C=O) groups excluding carboxylic acids is 1. The first-order valence-corrected chi connectivity index (χ1v) is 7.95. The zero-order chi connectivity index (χ0) is 18.8. The summed E-state index contributed by atoms with van der Waals surface area (Å²) >= 11 is 0. The number of rotatable bonds is 2. The number of hydrogen-bond donors (Lipinski definition) is 2. The van der Waals surface area contributed by atoms with Gasteiger partial charge in [-0.3, -0.25) is 4.79 Å². The van der Waals surface area contributed by atoms with Gasteiger partial charge >= 0.3 is 0 Å². The molecule has 2 aromatic rings. The Morgan fingerprint density at radius 2 is 1.63 bits per heavy atom. The second-order valence-corrected chi connectivity index (χ2v) is 4.71. The Morgan fingerprint density at radius 1 is 1.00 bits per heavy atom. The van der Waals surface area contributed by atoms with Gasteiger partial charge in [0, 0.05) is 51.3 Å². The first kappa shape index (κ1) is 27.4. The molecule has 1 radical (unpaired) electrons. The number of ketones is 1. The molecular formula is C20H27O6Y-. The molecule has 7 heteroatoms. The summed E-state index contributed by atoms with van der Waals surface area (Å²) in [5.41, 5.74) is 0.261. The van der Waals surface area contributed by atoms with E-state index in [4.69, 9.17) is 19.3 Å². The number of benzene rings is 2. The van der Waals surface area contributed by atoms with E-state index in [2.05, 4.69) is 0 Å². The molecule has 0 fully saturated rings. The number of fused-ring (bicyclic) bond motifs is 1. The zero-order valence-corrected chi connectivity index (χ0v) is 19.3. The Bertz CT molecular complexity index is 703. The van der Waals surface area contributed by atoms with Crippen molar-refractivity contribution in [2.24, 2.45) is 0 Å². The average Bonchev–Trinajstić information content (AvgIpc) is 2.64. The van der Waals surface area contributed by atoms with E-state index in [1.165, 1.54) is 20.3 Å². The molecular weight excluding hydrogens is 425 g/mol. The van der Waals surface area contributed by atoms with Crippen LogP contribution in [0.3, 0.4) is 0 Å². The molecule has 27 heavy (non-hydrogen) atoms. The number of hydrogen-bond acceptors (Lipinski definition) is 6. The van der Waals surface area contributed by atoms with Crippen molar-refractivity contribution in [1.82, 2.24) is 0 Å². The number of phenols is 2. The molecule has 2 aromatic carbocycles. The monoisotopic (exact) mass is 452 g/mol. The number of ether oxygens (including phenoxy) is 3. The number of carbonyl (C=O) groups is 1. The van der Waals surface area contributed by atoms with Gasteiger partial charge in [-0.05, 0) is 12.1 Å². The van der Waals surface area contributed by atoms with Gasteiger partial charge in [0.15, 0.2) is 17.3 Å². The Kier molecular flexibility index (Phi) is 14.5. The van der Waals surface area contributed by atoms with E-state index in [-0.39, 0.29) is 63.0 Å². The Hall–Kier alpha value is -1.79. The third-order valence-corrected chi connectivity index (χ3v) is 3.24. The van der Waals surface area contributed by atoms with Gasteiger partial charge in [0.05, 0.1) is 20.8 Å². The number of aromatic hydroxyl groups is 2. The van der Waals surface area contributed by atoms with Crippen molar-refractivity contribution in [2.75, 3.05) is 20.8 Å². The topological polar surface area (TPSA) is 85.2 Å². The second kappa shape index (κ2) is 14.3. The summed E-state index contributed by atoms with van der Waals surface area (Å²) in [5, 5.41) is 18.5. The zero-order valence-electron chi connectivity index (χ0n) is 16.5. The van der Waals surface area contributed by atoms with E-state index in [0.29, 0.717) is 30.3 Å². The van der Waals surface area contributed by atoms with Gasteiger partial charge in [-0.1, -0.05) is 26.0 Å². The molecule has 147 valence electrons. The molecule has 1 aliphatic heterocycles. The van der Waals surface area contributed by atoms with Gasteiger partial charge in [-0.25, -0.2) is 0 Å². The Labute approximate surface area is 186 Å². The van der Waals surface area contributed by atoms with Crippen molar-refractivity contribution >= 4 is 5.78 Å². The molecule has 3 rings (SSSR count). The molecule has 1 heterocycles. The number of Topliss-reactive ketones (excluding diaryl/α,β-unsaturated/α-hetero) is 1. The van der Waals surface area contributed by atoms with E-state index in [1.807, 2.05) is 13.8 Å². The fourth-order valence-corrected chi connectivity index (χ4v) is 2.10. The molecule has 6 nitrogen and oxygen atoms in total. The average molecular weight is 452 g/mol. The largest absolute Gasteiger partial charge is 0.507 e. The van der Waals surface area contributed by atoms with Crippen LogP contribution in [0, 0.1) is 7.43 Å². The van der Waals surface area contributed by atoms with Crippen molar-refractivity contribution in [3.63, 3.8) is 0 Å². The third kappa shape index (κ3) is 7.77. The third-order valence-electron chi connectivity index (χ3n) is 3.24. The maximum absolute atomic E-state index is 11.4. The number of phenolic OH excluding ortho intramolecular Hbond substituents is 2. The van der Waals surface area contributed by atoms with Crippen molar-refractivity contribution in [1.29, 1.82) is 0 Å². The van der Waals surface area contributed by atoms with Gasteiger partial charge in [0.1, 0.15) is 22.8 Å². The maximum Gasteiger partial charge on any atom is 0.173 e. The van der Waals surface area contributed by atoms with E-state index < -0.39 is 0 Å². The van der Waals surface area contributed by atoms with E-state index >= 15 is 0 Å². The molecule has 0 saturated heterocycles. The normalized spacial score (nSPS) is 10.7. The number of methoxy groups -OCH3 is 2. The van der Waals surface area contributed by atoms with E-state index in [0.717, 1.165) is 0 Å². The summed E-state index contributed by atoms with van der Waals surface area (Å²) in [4.78, 5) is 11.4. The van der Waals surface area contributed by atoms with Crippen LogP contribution in [-0.2, 0) is 32.7 Å². The molecule has 0 atom stereocenters. The van der Waals surface area contributed by atoms with Crippen LogP contribution in [0.15, 0.2) is 36.4 Å². The fourth-order valence-electron chi connectivity index (χ4n) is 2.10. The molecule has 2 N–H and O–H groups in total. The van der Waals surface area contributed by atoms with Gasteiger partial charge in [-0.2, -0.15) is 0 Å². The minimum absolute atomic E-state index is 0. The van der Waals surface area contributed by atoms with Gasteiger partial charge in [0.2, 0.25) is 0 Å². The van der Waals surface area contributed by atoms with Crippen LogP contribution in [0.4, 0.5) is 0 Å². The SMILES string of the molecule is CC.COc1cc(O)c2c(c1)OCCC2=O.COc1ccccc1O.[CH3-].[Y]. The first-order chi connectivity index (χ1) is 12.1. The van der Waals surface area contributed by atoms with Crippen LogP contribution in [0.25, 0.3) is 0 Å². The molecule has 0 amide bonds. The van der Waals surface area contributed by atoms with Gasteiger partial charge in [0.25, 0.3) is 0 Å². The van der Waals surface area contributed by atoms with Crippen molar-refractivity contribution in [2.45, 2.75) is 20.3 Å². The van der Waals surface area contributed by atoms with E-state index in [9.17, 15) is 9.90 Å². The summed E-state index contributed by atoms with van der Waals surface area (Å²) in [6.07, 6.45) is 0.312. The first-order valence-electron chi connectivity index (χ1n) is 7.95. The summed E-state index contributed by atoms with van der Waals surface area (Å²) in [6, 6.07) is 9.85. The Morgan fingerprint density at radius 3 is 2.15 bits per heavy atom. The second-order valence-electron chi connectivity index (χ2n) is 4.71. The maximum atomic E-state index is 11.4. The van der Waals surface area contributed by atoms with Crippen molar-refractivity contribution < 1.29 is 61.9 Å². The summed E-state index contributed by atoms with van der Waals surface area (Å²) in [6.45, 7) is 4.36. The minimum atomic E-state index is -0.0913. The van der Waals surface area contributed by atoms with E-state index in [1.54, 1.807) is 30.3 Å². The van der Waals surface area contributed by atoms with Gasteiger partial charge in [-0.15, -0.1) is 0 Å². The molecule has 0 spiro atoms. The van der Waals surface area contributed by atoms with Crippen LogP contribution >= 0.6 is 0 Å². The van der Waals surface area contributed by atoms with Crippen molar-refractivity contribution in [3.8, 4) is 28.7 Å². The Balaban J connectivity index is 0. The quantitative estimate of drug-likeness (QED) is 0.664. The molecule has 0 aromatic heterocycles. The standard InChI is InChI=1S/C10H10O4.C7H8O2.C2H6.CH3.Y/c1-13-6-4-8(12)10-7(11)2-3-14-9(10)5-6;1-9-7-5-3-2-4-6(7)8;1-2;;/h4-5,12H,2-3H2,1H3;2-5,8H,1H3;1-2H3;1H3;/q;;;-1;. The molecule has 0 saturated carbocycles. The summed E-state index contributed by atoms with van der Waals surface area (Å²) in [5.74, 6) is 1.40. The summed E-state index contributed by atoms with van der Waals surface area (Å²) < 4.78 is 15.0. The predicted octanol–water partition coefficient (Wildman–Crippen LogP) is 4.24. The molecule has 0 aliphatic carbocycles. The van der Waals surface area contributed by atoms with Crippen LogP contribution < -0.4 is 14.2 Å². The van der Waals surface area contributed by atoms with Gasteiger partial charge < -0.3 is 31.9 Å².